The third-order valence-electron chi connectivity index (χ3n) is 3.40. The molecule has 0 saturated carbocycles. The average molecular weight is 334 g/mol. The fraction of sp³-hybridized carbons (Fsp3) is 0.714. The van der Waals surface area contributed by atoms with E-state index in [-0.39, 0.29) is 0 Å². The average Bonchev–Trinajstić information content (AvgIpc) is 2.81. The summed E-state index contributed by atoms with van der Waals surface area (Å²) in [6.45, 7) is 10.2. The van der Waals surface area contributed by atoms with Crippen LogP contribution in [0, 0.1) is 6.92 Å². The number of nitrogens with zero attached hydrogens (tertiary/aromatic N) is 1. The van der Waals surface area contributed by atoms with E-state index in [9.17, 15) is 8.42 Å². The van der Waals surface area contributed by atoms with Crippen LogP contribution in [0.25, 0.3) is 0 Å². The van der Waals surface area contributed by atoms with Gasteiger partial charge in [-0.1, -0.05) is 13.8 Å². The molecule has 1 heterocycles. The maximum Gasteiger partial charge on any atom is 0.241 e. The standard InChI is InChI=1S/C14H27N3O2S2/c1-5-17(6-2)9-7-8-16-21(18,19)14-10-13(11-15-4)20-12(14)3/h10,15-16H,5-9,11H2,1-4H3. The number of rotatable bonds is 10. The summed E-state index contributed by atoms with van der Waals surface area (Å²) < 4.78 is 27.3. The van der Waals surface area contributed by atoms with Gasteiger partial charge in [-0.2, -0.15) is 0 Å². The second-order valence-corrected chi connectivity index (χ2v) is 8.02. The summed E-state index contributed by atoms with van der Waals surface area (Å²) in [5.74, 6) is 0. The van der Waals surface area contributed by atoms with Gasteiger partial charge in [-0.05, 0) is 46.1 Å². The Bertz CT molecular complexity index is 522. The Morgan fingerprint density at radius 3 is 2.52 bits per heavy atom. The molecular formula is C14H27N3O2S2. The molecule has 5 nitrogen and oxygen atoms in total. The minimum atomic E-state index is -3.39. The molecule has 0 aliphatic heterocycles. The number of aryl methyl sites for hydroxylation is 1. The molecule has 1 rings (SSSR count). The first-order valence-electron chi connectivity index (χ1n) is 7.40. The van der Waals surface area contributed by atoms with Crippen molar-refractivity contribution in [3.63, 3.8) is 0 Å². The normalized spacial score (nSPS) is 12.2. The van der Waals surface area contributed by atoms with Crippen LogP contribution in [0.3, 0.4) is 0 Å². The van der Waals surface area contributed by atoms with Crippen LogP contribution in [0.4, 0.5) is 0 Å². The van der Waals surface area contributed by atoms with Crippen LogP contribution in [0.5, 0.6) is 0 Å². The zero-order valence-electron chi connectivity index (χ0n) is 13.4. The van der Waals surface area contributed by atoms with E-state index >= 15 is 0 Å². The molecule has 2 N–H and O–H groups in total. The van der Waals surface area contributed by atoms with Gasteiger partial charge in [0.05, 0.1) is 4.90 Å². The summed E-state index contributed by atoms with van der Waals surface area (Å²) in [5, 5.41) is 3.04. The van der Waals surface area contributed by atoms with Crippen LogP contribution in [0.15, 0.2) is 11.0 Å². The van der Waals surface area contributed by atoms with Crippen molar-refractivity contribution in [2.45, 2.75) is 38.6 Å². The summed E-state index contributed by atoms with van der Waals surface area (Å²) in [5.41, 5.74) is 0. The minimum Gasteiger partial charge on any atom is -0.315 e. The third-order valence-corrected chi connectivity index (χ3v) is 6.17. The second kappa shape index (κ2) is 8.85. The van der Waals surface area contributed by atoms with Gasteiger partial charge in [-0.15, -0.1) is 11.3 Å². The van der Waals surface area contributed by atoms with Gasteiger partial charge in [0, 0.05) is 22.8 Å². The summed E-state index contributed by atoms with van der Waals surface area (Å²) in [6.07, 6.45) is 0.827. The highest BCUT2D eigenvalue weighted by Crippen LogP contribution is 2.25. The molecule has 0 atom stereocenters. The van der Waals surface area contributed by atoms with Crippen LogP contribution in [-0.4, -0.2) is 46.5 Å². The van der Waals surface area contributed by atoms with E-state index in [1.807, 2.05) is 14.0 Å². The Morgan fingerprint density at radius 2 is 1.95 bits per heavy atom. The monoisotopic (exact) mass is 333 g/mol. The van der Waals surface area contributed by atoms with Gasteiger partial charge < -0.3 is 10.2 Å². The quantitative estimate of drug-likeness (QED) is 0.641. The first-order chi connectivity index (χ1) is 9.94. The van der Waals surface area contributed by atoms with Crippen molar-refractivity contribution < 1.29 is 8.42 Å². The Balaban J connectivity index is 2.57. The summed E-state index contributed by atoms with van der Waals surface area (Å²) in [6, 6.07) is 1.77. The predicted octanol–water partition coefficient (Wildman–Crippen LogP) is 1.79. The lowest BCUT2D eigenvalue weighted by atomic mass is 10.4. The number of thiophene rings is 1. The molecule has 21 heavy (non-hydrogen) atoms. The molecule has 0 fully saturated rings. The molecule has 0 saturated heterocycles. The van der Waals surface area contributed by atoms with Crippen molar-refractivity contribution in [1.29, 1.82) is 0 Å². The summed E-state index contributed by atoms with van der Waals surface area (Å²) >= 11 is 1.53. The second-order valence-electron chi connectivity index (χ2n) is 4.94. The van der Waals surface area contributed by atoms with Gasteiger partial charge in [0.15, 0.2) is 0 Å². The Kier molecular flexibility index (Phi) is 7.83. The highest BCUT2D eigenvalue weighted by Gasteiger charge is 2.19. The zero-order chi connectivity index (χ0) is 15.9. The van der Waals surface area contributed by atoms with Crippen molar-refractivity contribution in [2.24, 2.45) is 0 Å². The van der Waals surface area contributed by atoms with E-state index in [0.29, 0.717) is 18.0 Å². The molecule has 0 aliphatic carbocycles. The van der Waals surface area contributed by atoms with Crippen LogP contribution >= 0.6 is 11.3 Å². The van der Waals surface area contributed by atoms with Gasteiger partial charge in [-0.3, -0.25) is 0 Å². The lowest BCUT2D eigenvalue weighted by Crippen LogP contribution is -2.30. The molecule has 122 valence electrons. The van der Waals surface area contributed by atoms with Crippen molar-refractivity contribution in [1.82, 2.24) is 14.9 Å². The highest BCUT2D eigenvalue weighted by atomic mass is 32.2. The number of hydrogen-bond donors (Lipinski definition) is 2. The van der Waals surface area contributed by atoms with Crippen molar-refractivity contribution >= 4 is 21.4 Å². The molecule has 7 heteroatoms. The predicted molar refractivity (Wildman–Crippen MR) is 89.4 cm³/mol. The maximum absolute atomic E-state index is 12.3. The van der Waals surface area contributed by atoms with E-state index < -0.39 is 10.0 Å². The van der Waals surface area contributed by atoms with Crippen LogP contribution in [0.1, 0.15) is 30.0 Å². The highest BCUT2D eigenvalue weighted by molar-refractivity contribution is 7.89. The largest absolute Gasteiger partial charge is 0.315 e. The van der Waals surface area contributed by atoms with E-state index in [0.717, 1.165) is 35.8 Å². The molecule has 1 aromatic heterocycles. The Hall–Kier alpha value is -0.470. The van der Waals surface area contributed by atoms with E-state index in [1.165, 1.54) is 11.3 Å². The molecule has 0 radical (unpaired) electrons. The molecule has 1 aromatic rings. The molecule has 0 unspecified atom stereocenters. The molecule has 0 aliphatic rings. The lowest BCUT2D eigenvalue weighted by Gasteiger charge is -2.17. The van der Waals surface area contributed by atoms with Crippen molar-refractivity contribution in [2.75, 3.05) is 33.2 Å². The molecule has 0 amide bonds. The topological polar surface area (TPSA) is 61.4 Å². The van der Waals surface area contributed by atoms with Crippen molar-refractivity contribution in [3.05, 3.63) is 15.8 Å². The minimum absolute atomic E-state index is 0.417. The van der Waals surface area contributed by atoms with Crippen LogP contribution in [0.2, 0.25) is 0 Å². The van der Waals surface area contributed by atoms with E-state index in [1.54, 1.807) is 6.07 Å². The number of sulfonamides is 1. The summed E-state index contributed by atoms with van der Waals surface area (Å²) in [7, 11) is -1.53. The Labute approximate surface area is 132 Å². The lowest BCUT2D eigenvalue weighted by molar-refractivity contribution is 0.300. The summed E-state index contributed by atoms with van der Waals surface area (Å²) in [4.78, 5) is 4.59. The molecule has 0 aromatic carbocycles. The first-order valence-corrected chi connectivity index (χ1v) is 9.70. The fourth-order valence-electron chi connectivity index (χ4n) is 2.18. The van der Waals surface area contributed by atoms with Gasteiger partial charge in [0.2, 0.25) is 10.0 Å². The number of hydrogen-bond acceptors (Lipinski definition) is 5. The molecule has 0 bridgehead atoms. The molecule has 0 spiro atoms. The first kappa shape index (κ1) is 18.6. The van der Waals surface area contributed by atoms with Gasteiger partial charge in [0.25, 0.3) is 0 Å². The van der Waals surface area contributed by atoms with Gasteiger partial charge >= 0.3 is 0 Å². The van der Waals surface area contributed by atoms with Gasteiger partial charge in [-0.25, -0.2) is 13.1 Å². The molecular weight excluding hydrogens is 306 g/mol. The van der Waals surface area contributed by atoms with Crippen LogP contribution < -0.4 is 10.0 Å². The maximum atomic E-state index is 12.3. The van der Waals surface area contributed by atoms with Crippen molar-refractivity contribution in [3.8, 4) is 0 Å². The Morgan fingerprint density at radius 1 is 1.29 bits per heavy atom. The smallest absolute Gasteiger partial charge is 0.241 e. The van der Waals surface area contributed by atoms with Gasteiger partial charge in [0.1, 0.15) is 0 Å². The van der Waals surface area contributed by atoms with E-state index in [4.69, 9.17) is 0 Å². The van der Waals surface area contributed by atoms with Crippen LogP contribution in [-0.2, 0) is 16.6 Å². The zero-order valence-corrected chi connectivity index (χ0v) is 15.0. The van der Waals surface area contributed by atoms with E-state index in [2.05, 4.69) is 28.8 Å². The SMILES string of the molecule is CCN(CC)CCCNS(=O)(=O)c1cc(CNC)sc1C. The third kappa shape index (κ3) is 5.67. The number of nitrogens with one attached hydrogen (secondary N) is 2. The fourth-order valence-corrected chi connectivity index (χ4v) is 4.90.